The van der Waals surface area contributed by atoms with Crippen molar-refractivity contribution in [2.24, 2.45) is 0 Å². The molecule has 0 atom stereocenters. The number of nitrogens with one attached hydrogen (secondary N) is 1. The number of piperazine rings is 1. The molecule has 0 saturated carbocycles. The molecular weight excluding hydrogens is 493 g/mol. The topological polar surface area (TPSA) is 88.4 Å². The Morgan fingerprint density at radius 3 is 2.62 bits per heavy atom. The first-order valence-corrected chi connectivity index (χ1v) is 13.0. The van der Waals surface area contributed by atoms with Crippen LogP contribution in [0.2, 0.25) is 0 Å². The van der Waals surface area contributed by atoms with E-state index in [1.165, 1.54) is 23.5 Å². The predicted octanol–water partition coefficient (Wildman–Crippen LogP) is 3.74. The number of anilines is 2. The van der Waals surface area contributed by atoms with Crippen LogP contribution in [0.1, 0.15) is 16.3 Å². The highest BCUT2D eigenvalue weighted by Crippen LogP contribution is 2.36. The number of imidazole rings is 1. The molecule has 6 rings (SSSR count). The molecule has 1 saturated heterocycles. The second kappa shape index (κ2) is 10.0. The van der Waals surface area contributed by atoms with Gasteiger partial charge in [0.15, 0.2) is 0 Å². The second-order valence-electron chi connectivity index (χ2n) is 9.12. The molecule has 1 amide bonds. The van der Waals surface area contributed by atoms with Crippen LogP contribution in [0.15, 0.2) is 48.0 Å². The van der Waals surface area contributed by atoms with E-state index in [0.29, 0.717) is 42.0 Å². The first-order chi connectivity index (χ1) is 18.0. The molecule has 1 N–H and O–H groups in total. The Labute approximate surface area is 217 Å². The third-order valence-electron chi connectivity index (χ3n) is 6.65. The summed E-state index contributed by atoms with van der Waals surface area (Å²) in [5.41, 5.74) is 3.64. The van der Waals surface area contributed by atoms with Gasteiger partial charge >= 0.3 is 0 Å². The molecule has 9 nitrogen and oxygen atoms in total. The van der Waals surface area contributed by atoms with Crippen LogP contribution < -0.4 is 10.2 Å². The molecule has 0 spiro atoms. The number of likely N-dealkylation sites (N-methyl/N-ethyl adjacent to an activating group) is 1. The first-order valence-electron chi connectivity index (χ1n) is 12.1. The van der Waals surface area contributed by atoms with E-state index in [2.05, 4.69) is 36.7 Å². The minimum atomic E-state index is -0.326. The maximum Gasteiger partial charge on any atom is 0.276 e. The molecule has 0 radical (unpaired) electrons. The van der Waals surface area contributed by atoms with Crippen molar-refractivity contribution in [3.63, 3.8) is 0 Å². The van der Waals surface area contributed by atoms with Gasteiger partial charge in [0.2, 0.25) is 0 Å². The van der Waals surface area contributed by atoms with Gasteiger partial charge in [0, 0.05) is 43.7 Å². The number of carbonyl (C=O) groups excluding carboxylic acids is 1. The maximum absolute atomic E-state index is 13.5. The molecule has 2 aliphatic rings. The van der Waals surface area contributed by atoms with Gasteiger partial charge in [-0.25, -0.2) is 19.3 Å². The van der Waals surface area contributed by atoms with E-state index in [9.17, 15) is 9.18 Å². The van der Waals surface area contributed by atoms with Crippen molar-refractivity contribution in [3.8, 4) is 22.0 Å². The summed E-state index contributed by atoms with van der Waals surface area (Å²) in [4.78, 5) is 31.4. The number of nitrogens with zero attached hydrogens (tertiary/aromatic N) is 6. The van der Waals surface area contributed by atoms with E-state index >= 15 is 0 Å². The molecular formula is C26H26FN7O2S. The summed E-state index contributed by atoms with van der Waals surface area (Å²) in [5, 5.41) is 5.26. The van der Waals surface area contributed by atoms with Crippen molar-refractivity contribution >= 4 is 28.7 Å². The molecule has 0 aliphatic carbocycles. The van der Waals surface area contributed by atoms with Gasteiger partial charge in [-0.15, -0.1) is 11.3 Å². The number of rotatable bonds is 5. The number of thiazole rings is 1. The molecule has 1 aromatic carbocycles. The lowest BCUT2D eigenvalue weighted by molar-refractivity contribution is 0.0821. The molecule has 37 heavy (non-hydrogen) atoms. The summed E-state index contributed by atoms with van der Waals surface area (Å²) in [6, 6.07) is 10.0. The fourth-order valence-electron chi connectivity index (χ4n) is 4.57. The second-order valence-corrected chi connectivity index (χ2v) is 9.98. The Balaban J connectivity index is 1.23. The zero-order valence-corrected chi connectivity index (χ0v) is 21.2. The minimum Gasteiger partial charge on any atom is -0.372 e. The number of benzene rings is 1. The summed E-state index contributed by atoms with van der Waals surface area (Å²) in [7, 11) is 2.12. The van der Waals surface area contributed by atoms with Crippen LogP contribution >= 0.6 is 11.3 Å². The van der Waals surface area contributed by atoms with Gasteiger partial charge in [-0.05, 0) is 43.4 Å². The van der Waals surface area contributed by atoms with Gasteiger partial charge in [0.1, 0.15) is 40.5 Å². The van der Waals surface area contributed by atoms with Crippen LogP contribution in [-0.4, -0.2) is 70.2 Å². The molecule has 11 heteroatoms. The Hall–Kier alpha value is -3.67. The Morgan fingerprint density at radius 2 is 1.86 bits per heavy atom. The van der Waals surface area contributed by atoms with Crippen molar-refractivity contribution in [1.82, 2.24) is 24.4 Å². The fraction of sp³-hybridized carbons (Fsp3) is 0.308. The van der Waals surface area contributed by atoms with Crippen LogP contribution in [-0.2, 0) is 17.9 Å². The largest absolute Gasteiger partial charge is 0.372 e. The van der Waals surface area contributed by atoms with Crippen LogP contribution in [0.5, 0.6) is 0 Å². The quantitative estimate of drug-likeness (QED) is 0.430. The molecule has 1 fully saturated rings. The maximum atomic E-state index is 13.5. The van der Waals surface area contributed by atoms with E-state index in [-0.39, 0.29) is 11.7 Å². The summed E-state index contributed by atoms with van der Waals surface area (Å²) in [6.45, 7) is 5.52. The number of fused-ring (bicyclic) bond motifs is 1. The molecule has 2 aliphatic heterocycles. The van der Waals surface area contributed by atoms with Gasteiger partial charge in [-0.3, -0.25) is 4.79 Å². The molecule has 0 unspecified atom stereocenters. The number of pyridine rings is 1. The number of carbonyl (C=O) groups is 1. The lowest BCUT2D eigenvalue weighted by atomic mass is 10.1. The summed E-state index contributed by atoms with van der Waals surface area (Å²) in [6.07, 6.45) is 1.79. The Bertz CT molecular complexity index is 1410. The number of hydrogen-bond acceptors (Lipinski definition) is 8. The number of hydrogen-bond donors (Lipinski definition) is 1. The lowest BCUT2D eigenvalue weighted by Gasteiger charge is -2.33. The molecule has 5 heterocycles. The third-order valence-corrected chi connectivity index (χ3v) is 7.50. The van der Waals surface area contributed by atoms with Crippen LogP contribution in [0.25, 0.3) is 22.0 Å². The number of ether oxygens (including phenoxy) is 1. The van der Waals surface area contributed by atoms with Gasteiger partial charge in [0.05, 0.1) is 24.2 Å². The van der Waals surface area contributed by atoms with Crippen molar-refractivity contribution in [2.75, 3.05) is 50.1 Å². The zero-order chi connectivity index (χ0) is 25.4. The number of amides is 1. The van der Waals surface area contributed by atoms with Crippen LogP contribution in [0, 0.1) is 5.82 Å². The van der Waals surface area contributed by atoms with Gasteiger partial charge in [0.25, 0.3) is 5.91 Å². The standard InChI is InChI=1S/C26H26FN7O2S/c1-32-8-10-33(11-9-32)19-6-7-21(28-14-19)30-25(35)20-16-37-26(29-20)24-23(17-2-4-18(27)5-3-17)31-22-15-36-13-12-34(22)24/h2-7,14,16H,8-13,15H2,1H3,(H,28,30,35). The van der Waals surface area contributed by atoms with Crippen molar-refractivity contribution in [3.05, 3.63) is 65.3 Å². The molecule has 190 valence electrons. The predicted molar refractivity (Wildman–Crippen MR) is 140 cm³/mol. The monoisotopic (exact) mass is 519 g/mol. The van der Waals surface area contributed by atoms with Gasteiger partial charge in [-0.1, -0.05) is 0 Å². The summed E-state index contributed by atoms with van der Waals surface area (Å²) in [5.74, 6) is 0.623. The molecule has 3 aromatic heterocycles. The fourth-order valence-corrected chi connectivity index (χ4v) is 5.43. The number of halogens is 1. The summed E-state index contributed by atoms with van der Waals surface area (Å²) >= 11 is 1.37. The molecule has 0 bridgehead atoms. The third kappa shape index (κ3) is 4.85. The van der Waals surface area contributed by atoms with Crippen LogP contribution in [0.3, 0.4) is 0 Å². The normalized spacial score (nSPS) is 16.0. The summed E-state index contributed by atoms with van der Waals surface area (Å²) < 4.78 is 21.2. The average molecular weight is 520 g/mol. The molecule has 4 aromatic rings. The van der Waals surface area contributed by atoms with E-state index in [1.807, 2.05) is 12.1 Å². The van der Waals surface area contributed by atoms with E-state index in [1.54, 1.807) is 23.7 Å². The van der Waals surface area contributed by atoms with E-state index < -0.39 is 0 Å². The van der Waals surface area contributed by atoms with Crippen molar-refractivity contribution < 1.29 is 13.9 Å². The van der Waals surface area contributed by atoms with E-state index in [0.717, 1.165) is 48.9 Å². The van der Waals surface area contributed by atoms with Crippen molar-refractivity contribution in [1.29, 1.82) is 0 Å². The highest BCUT2D eigenvalue weighted by Gasteiger charge is 2.25. The Morgan fingerprint density at radius 1 is 1.05 bits per heavy atom. The Kier molecular flexibility index (Phi) is 6.41. The highest BCUT2D eigenvalue weighted by atomic mass is 32.1. The van der Waals surface area contributed by atoms with E-state index in [4.69, 9.17) is 9.72 Å². The SMILES string of the molecule is CN1CCN(c2ccc(NC(=O)c3csc(-c4c(-c5ccc(F)cc5)nc5n4CCOC5)n3)nc2)CC1. The first kappa shape index (κ1) is 23.7. The van der Waals surface area contributed by atoms with Crippen molar-refractivity contribution in [2.45, 2.75) is 13.2 Å². The van der Waals surface area contributed by atoms with Gasteiger partial charge in [-0.2, -0.15) is 0 Å². The zero-order valence-electron chi connectivity index (χ0n) is 20.4. The lowest BCUT2D eigenvalue weighted by Crippen LogP contribution is -2.44. The smallest absolute Gasteiger partial charge is 0.276 e. The van der Waals surface area contributed by atoms with Crippen LogP contribution in [0.4, 0.5) is 15.9 Å². The minimum absolute atomic E-state index is 0.303. The van der Waals surface area contributed by atoms with Gasteiger partial charge < -0.3 is 24.4 Å². The highest BCUT2D eigenvalue weighted by molar-refractivity contribution is 7.13. The number of aromatic nitrogens is 4. The average Bonchev–Trinajstić information content (AvgIpc) is 3.55.